The molecule has 0 unspecified atom stereocenters. The van der Waals surface area contributed by atoms with Crippen LogP contribution in [0.25, 0.3) is 0 Å². The van der Waals surface area contributed by atoms with E-state index in [4.69, 9.17) is 9.16 Å². The summed E-state index contributed by atoms with van der Waals surface area (Å²) >= 11 is 0. The molecule has 0 heterocycles. The van der Waals surface area contributed by atoms with Gasteiger partial charge in [0.15, 0.2) is 8.32 Å². The van der Waals surface area contributed by atoms with Gasteiger partial charge in [0.05, 0.1) is 6.10 Å². The second-order valence-electron chi connectivity index (χ2n) is 12.8. The molecule has 6 atom stereocenters. The Labute approximate surface area is 191 Å². The molecule has 31 heavy (non-hydrogen) atoms. The first kappa shape index (κ1) is 23.3. The Morgan fingerprint density at radius 3 is 2.39 bits per heavy atom. The summed E-state index contributed by atoms with van der Waals surface area (Å²) in [6.45, 7) is 18.4. The SMILES string of the molecule is CC(=O)O[C@H]1CC[C@@]2(C)C(=CC[C@H]3C4=CC[C@H](O[Si](C)(C)C(C)(C)C)[C@@]4(C)CC[C@H]32)C1. The molecule has 0 N–H and O–H groups in total. The van der Waals surface area contributed by atoms with Gasteiger partial charge >= 0.3 is 5.97 Å². The highest BCUT2D eigenvalue weighted by Crippen LogP contribution is 2.64. The summed E-state index contributed by atoms with van der Waals surface area (Å²) < 4.78 is 12.6. The molecule has 2 saturated carbocycles. The van der Waals surface area contributed by atoms with Crippen LogP contribution in [0.1, 0.15) is 86.5 Å². The summed E-state index contributed by atoms with van der Waals surface area (Å²) in [6.07, 6.45) is 13.4. The summed E-state index contributed by atoms with van der Waals surface area (Å²) in [6, 6.07) is 0. The Bertz CT molecular complexity index is 804. The van der Waals surface area contributed by atoms with Gasteiger partial charge in [-0.2, -0.15) is 0 Å². The maximum atomic E-state index is 11.5. The monoisotopic (exact) mass is 444 g/mol. The van der Waals surface area contributed by atoms with Crippen molar-refractivity contribution in [2.45, 2.75) is 117 Å². The highest BCUT2D eigenvalue weighted by atomic mass is 28.4. The van der Waals surface area contributed by atoms with E-state index in [9.17, 15) is 4.79 Å². The van der Waals surface area contributed by atoms with E-state index < -0.39 is 8.32 Å². The molecule has 0 aliphatic heterocycles. The Morgan fingerprint density at radius 1 is 1.06 bits per heavy atom. The van der Waals surface area contributed by atoms with Crippen molar-refractivity contribution in [1.82, 2.24) is 0 Å². The van der Waals surface area contributed by atoms with E-state index in [2.05, 4.69) is 59.9 Å². The smallest absolute Gasteiger partial charge is 0.302 e. The number of ether oxygens (including phenoxy) is 1. The number of hydrogen-bond donors (Lipinski definition) is 0. The molecule has 0 spiro atoms. The van der Waals surface area contributed by atoms with Crippen molar-refractivity contribution >= 4 is 14.3 Å². The molecule has 0 radical (unpaired) electrons. The molecule has 0 aromatic heterocycles. The molecular formula is C27H44O3Si. The molecule has 4 aliphatic rings. The van der Waals surface area contributed by atoms with E-state index in [1.807, 2.05) is 0 Å². The molecule has 4 aliphatic carbocycles. The lowest BCUT2D eigenvalue weighted by Crippen LogP contribution is -2.52. The number of carbonyl (C=O) groups excluding carboxylic acids is 1. The normalized spacial score (nSPS) is 40.3. The first-order valence-electron chi connectivity index (χ1n) is 12.5. The van der Waals surface area contributed by atoms with Crippen molar-refractivity contribution in [3.05, 3.63) is 23.3 Å². The van der Waals surface area contributed by atoms with Crippen LogP contribution in [-0.4, -0.2) is 26.5 Å². The summed E-state index contributed by atoms with van der Waals surface area (Å²) in [4.78, 5) is 11.5. The fraction of sp³-hybridized carbons (Fsp3) is 0.815. The van der Waals surface area contributed by atoms with E-state index >= 15 is 0 Å². The van der Waals surface area contributed by atoms with Gasteiger partial charge in [0.25, 0.3) is 0 Å². The first-order valence-corrected chi connectivity index (χ1v) is 15.4. The largest absolute Gasteiger partial charge is 0.462 e. The molecule has 174 valence electrons. The zero-order valence-electron chi connectivity index (χ0n) is 21.1. The molecule has 4 rings (SSSR count). The third kappa shape index (κ3) is 3.80. The van der Waals surface area contributed by atoms with Gasteiger partial charge in [-0.15, -0.1) is 0 Å². The van der Waals surface area contributed by atoms with Gasteiger partial charge in [0.2, 0.25) is 0 Å². The van der Waals surface area contributed by atoms with Gasteiger partial charge in [-0.1, -0.05) is 57.9 Å². The Balaban J connectivity index is 1.55. The molecule has 4 heteroatoms. The molecule has 0 bridgehead atoms. The quantitative estimate of drug-likeness (QED) is 0.262. The van der Waals surface area contributed by atoms with Crippen molar-refractivity contribution in [3.8, 4) is 0 Å². The molecule has 2 fully saturated rings. The highest BCUT2D eigenvalue weighted by molar-refractivity contribution is 6.74. The van der Waals surface area contributed by atoms with Gasteiger partial charge in [-0.05, 0) is 73.9 Å². The van der Waals surface area contributed by atoms with E-state index in [0.29, 0.717) is 12.0 Å². The third-order valence-corrected chi connectivity index (χ3v) is 14.4. The van der Waals surface area contributed by atoms with Crippen molar-refractivity contribution in [2.75, 3.05) is 0 Å². The molecule has 0 aromatic rings. The predicted octanol–water partition coefficient (Wildman–Crippen LogP) is 7.19. The van der Waals surface area contributed by atoms with E-state index in [0.717, 1.165) is 38.0 Å². The van der Waals surface area contributed by atoms with E-state index in [1.54, 1.807) is 11.1 Å². The van der Waals surface area contributed by atoms with E-state index in [1.165, 1.54) is 19.8 Å². The minimum Gasteiger partial charge on any atom is -0.462 e. The van der Waals surface area contributed by atoms with Crippen molar-refractivity contribution in [1.29, 1.82) is 0 Å². The highest BCUT2D eigenvalue weighted by Gasteiger charge is 2.57. The summed E-state index contributed by atoms with van der Waals surface area (Å²) in [5, 5.41) is 0.250. The minimum absolute atomic E-state index is 0.0790. The molecule has 0 aromatic carbocycles. The summed E-state index contributed by atoms with van der Waals surface area (Å²) in [5.74, 6) is 1.24. The molecule has 0 saturated heterocycles. The lowest BCUT2D eigenvalue weighted by molar-refractivity contribution is -0.148. The van der Waals surface area contributed by atoms with Crippen LogP contribution in [0.4, 0.5) is 0 Å². The van der Waals surface area contributed by atoms with Gasteiger partial charge < -0.3 is 9.16 Å². The van der Waals surface area contributed by atoms with Crippen LogP contribution in [0, 0.1) is 22.7 Å². The Hall–Kier alpha value is -0.873. The summed E-state index contributed by atoms with van der Waals surface area (Å²) in [5.41, 5.74) is 3.72. The van der Waals surface area contributed by atoms with Gasteiger partial charge in [0.1, 0.15) is 6.10 Å². The van der Waals surface area contributed by atoms with Crippen LogP contribution in [0.5, 0.6) is 0 Å². The Morgan fingerprint density at radius 2 is 1.74 bits per heavy atom. The maximum absolute atomic E-state index is 11.5. The fourth-order valence-corrected chi connectivity index (χ4v) is 8.40. The van der Waals surface area contributed by atoms with Crippen LogP contribution < -0.4 is 0 Å². The zero-order valence-corrected chi connectivity index (χ0v) is 22.1. The standard InChI is InChI=1S/C27H44O3Si/c1-18(28)29-20-13-15-26(5)19(17-20)9-10-21-22-11-12-24(27(22,6)16-14-23(21)26)30-31(7,8)25(2,3)4/h9,11,20-21,23-24H,10,12-17H2,1-8H3/t20-,21-,23+,24-,26-,27-/m0/s1. The molecular weight excluding hydrogens is 400 g/mol. The van der Waals surface area contributed by atoms with Crippen LogP contribution in [0.3, 0.4) is 0 Å². The number of esters is 1. The van der Waals surface area contributed by atoms with Crippen molar-refractivity contribution < 1.29 is 14.0 Å². The number of hydrogen-bond acceptors (Lipinski definition) is 3. The fourth-order valence-electron chi connectivity index (χ4n) is 6.98. The van der Waals surface area contributed by atoms with Gasteiger partial charge in [-0.3, -0.25) is 4.79 Å². The lowest BCUT2D eigenvalue weighted by atomic mass is 9.49. The van der Waals surface area contributed by atoms with Gasteiger partial charge in [-0.25, -0.2) is 0 Å². The van der Waals surface area contributed by atoms with Crippen LogP contribution in [0.15, 0.2) is 23.3 Å². The average molecular weight is 445 g/mol. The van der Waals surface area contributed by atoms with Crippen molar-refractivity contribution in [3.63, 3.8) is 0 Å². The second kappa shape index (κ2) is 7.58. The van der Waals surface area contributed by atoms with E-state index in [-0.39, 0.29) is 27.9 Å². The topological polar surface area (TPSA) is 35.5 Å². The maximum Gasteiger partial charge on any atom is 0.302 e. The molecule has 3 nitrogen and oxygen atoms in total. The second-order valence-corrected chi connectivity index (χ2v) is 17.5. The Kier molecular flexibility index (Phi) is 5.70. The third-order valence-electron chi connectivity index (χ3n) is 9.96. The van der Waals surface area contributed by atoms with Crippen molar-refractivity contribution in [2.24, 2.45) is 22.7 Å². The number of fused-ring (bicyclic) bond motifs is 5. The number of allylic oxidation sites excluding steroid dienone is 1. The minimum atomic E-state index is -1.79. The first-order chi connectivity index (χ1) is 14.3. The average Bonchev–Trinajstić information content (AvgIpc) is 2.96. The van der Waals surface area contributed by atoms with Crippen LogP contribution in [-0.2, 0) is 14.0 Å². The number of rotatable bonds is 3. The molecule has 0 amide bonds. The predicted molar refractivity (Wildman–Crippen MR) is 129 cm³/mol. The van der Waals surface area contributed by atoms with Crippen LogP contribution >= 0.6 is 0 Å². The lowest BCUT2D eigenvalue weighted by Gasteiger charge is -2.57. The summed E-state index contributed by atoms with van der Waals surface area (Å²) in [7, 11) is -1.79. The number of carbonyl (C=O) groups is 1. The zero-order chi connectivity index (χ0) is 22.8. The van der Waals surface area contributed by atoms with Crippen LogP contribution in [0.2, 0.25) is 18.1 Å². The van der Waals surface area contributed by atoms with Gasteiger partial charge in [0, 0.05) is 18.8 Å².